The van der Waals surface area contributed by atoms with Gasteiger partial charge in [0.1, 0.15) is 5.75 Å². The minimum atomic E-state index is 0.0672. The summed E-state index contributed by atoms with van der Waals surface area (Å²) in [4.78, 5) is 4.62. The minimum Gasteiger partial charge on any atom is -0.496 e. The van der Waals surface area contributed by atoms with Gasteiger partial charge in [-0.05, 0) is 38.3 Å². The molecule has 1 aliphatic rings. The van der Waals surface area contributed by atoms with Crippen LogP contribution in [0, 0.1) is 12.3 Å². The molecule has 3 N–H and O–H groups in total. The molecule has 5 nitrogen and oxygen atoms in total. The second-order valence-corrected chi connectivity index (χ2v) is 6.02. The average molecular weight is 305 g/mol. The quantitative estimate of drug-likeness (QED) is 0.531. The summed E-state index contributed by atoms with van der Waals surface area (Å²) in [7, 11) is 1.68. The first-order chi connectivity index (χ1) is 10.6. The molecule has 0 unspecified atom stereocenters. The lowest BCUT2D eigenvalue weighted by atomic mass is 10.1. The molecule has 0 radical (unpaired) electrons. The van der Waals surface area contributed by atoms with Gasteiger partial charge in [0, 0.05) is 24.1 Å². The molecule has 0 aliphatic heterocycles. The highest BCUT2D eigenvalue weighted by Gasteiger charge is 2.41. The van der Waals surface area contributed by atoms with Gasteiger partial charge in [-0.25, -0.2) is 4.99 Å². The Labute approximate surface area is 132 Å². The Morgan fingerprint density at radius 1 is 1.36 bits per heavy atom. The zero-order chi connectivity index (χ0) is 16.0. The zero-order valence-corrected chi connectivity index (χ0v) is 13.8. The summed E-state index contributed by atoms with van der Waals surface area (Å²) in [6, 6.07) is 6.15. The Bertz CT molecular complexity index is 525. The number of nitrogens with zero attached hydrogens (tertiary/aromatic N) is 1. The molecular formula is C17H27N3O2. The topological polar surface area (TPSA) is 65.9 Å². The molecule has 1 aromatic rings. The van der Waals surface area contributed by atoms with E-state index in [9.17, 15) is 5.11 Å². The van der Waals surface area contributed by atoms with E-state index in [1.165, 1.54) is 5.56 Å². The van der Waals surface area contributed by atoms with Crippen molar-refractivity contribution in [3.05, 3.63) is 29.3 Å². The van der Waals surface area contributed by atoms with Crippen molar-refractivity contribution in [2.24, 2.45) is 10.4 Å². The van der Waals surface area contributed by atoms with Crippen LogP contribution in [0.2, 0.25) is 0 Å². The van der Waals surface area contributed by atoms with E-state index in [0.717, 1.165) is 43.2 Å². The number of benzene rings is 1. The molecule has 5 heteroatoms. The fraction of sp³-hybridized carbons (Fsp3) is 0.588. The van der Waals surface area contributed by atoms with Crippen LogP contribution >= 0.6 is 0 Å². The summed E-state index contributed by atoms with van der Waals surface area (Å²) in [5, 5.41) is 16.0. The molecule has 1 aliphatic carbocycles. The second-order valence-electron chi connectivity index (χ2n) is 6.02. The predicted octanol–water partition coefficient (Wildman–Crippen LogP) is 1.83. The molecule has 1 aromatic carbocycles. The zero-order valence-electron chi connectivity index (χ0n) is 13.8. The van der Waals surface area contributed by atoms with E-state index < -0.39 is 0 Å². The molecule has 0 saturated heterocycles. The highest BCUT2D eigenvalue weighted by molar-refractivity contribution is 5.79. The number of methoxy groups -OCH3 is 1. The maximum absolute atomic E-state index is 9.38. The lowest BCUT2D eigenvalue weighted by molar-refractivity contribution is 0.212. The fourth-order valence-electron chi connectivity index (χ4n) is 2.33. The van der Waals surface area contributed by atoms with Gasteiger partial charge in [0.15, 0.2) is 5.96 Å². The number of aliphatic hydroxyl groups is 1. The largest absolute Gasteiger partial charge is 0.496 e. The molecule has 22 heavy (non-hydrogen) atoms. The summed E-state index contributed by atoms with van der Waals surface area (Å²) in [5.41, 5.74) is 2.31. The van der Waals surface area contributed by atoms with Gasteiger partial charge in [-0.15, -0.1) is 0 Å². The lowest BCUT2D eigenvalue weighted by Crippen LogP contribution is -2.41. The van der Waals surface area contributed by atoms with Crippen LogP contribution in [-0.4, -0.2) is 37.9 Å². The van der Waals surface area contributed by atoms with Crippen molar-refractivity contribution >= 4 is 5.96 Å². The average Bonchev–Trinajstić information content (AvgIpc) is 3.31. The number of nitrogens with one attached hydrogen (secondary N) is 2. The summed E-state index contributed by atoms with van der Waals surface area (Å²) in [6.45, 7) is 6.47. The van der Waals surface area contributed by atoms with Gasteiger partial charge in [0.25, 0.3) is 0 Å². The molecule has 0 aromatic heterocycles. The highest BCUT2D eigenvalue weighted by Crippen LogP contribution is 2.44. The number of rotatable bonds is 7. The summed E-state index contributed by atoms with van der Waals surface area (Å²) in [5.74, 6) is 1.65. The second kappa shape index (κ2) is 7.49. The molecule has 1 saturated carbocycles. The molecule has 1 fully saturated rings. The third-order valence-corrected chi connectivity index (χ3v) is 4.12. The Morgan fingerprint density at radius 3 is 2.73 bits per heavy atom. The maximum Gasteiger partial charge on any atom is 0.191 e. The van der Waals surface area contributed by atoms with Crippen LogP contribution < -0.4 is 15.4 Å². The highest BCUT2D eigenvalue weighted by atomic mass is 16.5. The SMILES string of the molecule is CCNC(=NCc1ccc(C)cc1OC)NCC1(CO)CC1. The van der Waals surface area contributed by atoms with E-state index in [2.05, 4.69) is 27.8 Å². The molecule has 0 heterocycles. The Kier molecular flexibility index (Phi) is 5.66. The van der Waals surface area contributed by atoms with E-state index in [0.29, 0.717) is 6.54 Å². The third kappa shape index (κ3) is 4.37. The Balaban J connectivity index is 2.00. The number of hydrogen-bond acceptors (Lipinski definition) is 3. The third-order valence-electron chi connectivity index (χ3n) is 4.12. The van der Waals surface area contributed by atoms with Crippen LogP contribution in [0.3, 0.4) is 0 Å². The smallest absolute Gasteiger partial charge is 0.191 e. The monoisotopic (exact) mass is 305 g/mol. The standard InChI is InChI=1S/C17H27N3O2/c1-4-18-16(20-11-17(12-21)7-8-17)19-10-14-6-5-13(2)9-15(14)22-3/h5-6,9,21H,4,7-8,10-12H2,1-3H3,(H2,18,19,20). The van der Waals surface area contributed by atoms with E-state index in [4.69, 9.17) is 4.74 Å². The van der Waals surface area contributed by atoms with Crippen molar-refractivity contribution in [3.8, 4) is 5.75 Å². The van der Waals surface area contributed by atoms with Gasteiger partial charge in [0.2, 0.25) is 0 Å². The van der Waals surface area contributed by atoms with Crippen LogP contribution in [0.1, 0.15) is 30.9 Å². The van der Waals surface area contributed by atoms with Crippen molar-refractivity contribution in [3.63, 3.8) is 0 Å². The first-order valence-electron chi connectivity index (χ1n) is 7.89. The maximum atomic E-state index is 9.38. The van der Waals surface area contributed by atoms with E-state index in [-0.39, 0.29) is 12.0 Å². The summed E-state index contributed by atoms with van der Waals surface area (Å²) < 4.78 is 5.42. The molecule has 0 bridgehead atoms. The van der Waals surface area contributed by atoms with E-state index >= 15 is 0 Å². The molecule has 0 atom stereocenters. The summed E-state index contributed by atoms with van der Waals surface area (Å²) >= 11 is 0. The van der Waals surface area contributed by atoms with Crippen LogP contribution in [0.4, 0.5) is 0 Å². The van der Waals surface area contributed by atoms with E-state index in [1.54, 1.807) is 7.11 Å². The molecule has 122 valence electrons. The number of ether oxygens (including phenoxy) is 1. The van der Waals surface area contributed by atoms with Crippen molar-refractivity contribution in [2.75, 3.05) is 26.8 Å². The Morgan fingerprint density at radius 2 is 2.14 bits per heavy atom. The van der Waals surface area contributed by atoms with Gasteiger partial charge in [-0.1, -0.05) is 12.1 Å². The minimum absolute atomic E-state index is 0.0672. The van der Waals surface area contributed by atoms with Gasteiger partial charge in [-0.2, -0.15) is 0 Å². The summed E-state index contributed by atoms with van der Waals surface area (Å²) in [6.07, 6.45) is 2.17. The number of aryl methyl sites for hydroxylation is 1. The number of aliphatic imine (C=N–C) groups is 1. The molecule has 2 rings (SSSR count). The van der Waals surface area contributed by atoms with Crippen LogP contribution in [0.15, 0.2) is 23.2 Å². The van der Waals surface area contributed by atoms with Crippen LogP contribution in [-0.2, 0) is 6.54 Å². The lowest BCUT2D eigenvalue weighted by Gasteiger charge is -2.16. The number of aliphatic hydroxyl groups excluding tert-OH is 1. The fourth-order valence-corrected chi connectivity index (χ4v) is 2.33. The van der Waals surface area contributed by atoms with Crippen molar-refractivity contribution in [1.82, 2.24) is 10.6 Å². The molecule has 0 spiro atoms. The number of hydrogen-bond donors (Lipinski definition) is 3. The Hall–Kier alpha value is -1.75. The van der Waals surface area contributed by atoms with Crippen molar-refractivity contribution in [1.29, 1.82) is 0 Å². The predicted molar refractivity (Wildman–Crippen MR) is 89.3 cm³/mol. The van der Waals surface area contributed by atoms with Gasteiger partial charge in [-0.3, -0.25) is 0 Å². The molecular weight excluding hydrogens is 278 g/mol. The van der Waals surface area contributed by atoms with Gasteiger partial charge < -0.3 is 20.5 Å². The first kappa shape index (κ1) is 16.6. The van der Waals surface area contributed by atoms with E-state index in [1.807, 2.05) is 19.9 Å². The van der Waals surface area contributed by atoms with Gasteiger partial charge in [0.05, 0.1) is 20.3 Å². The first-order valence-corrected chi connectivity index (χ1v) is 7.89. The number of guanidine groups is 1. The van der Waals surface area contributed by atoms with Gasteiger partial charge >= 0.3 is 0 Å². The van der Waals surface area contributed by atoms with Crippen LogP contribution in [0.5, 0.6) is 5.75 Å². The normalized spacial score (nSPS) is 16.3. The van der Waals surface area contributed by atoms with Crippen molar-refractivity contribution in [2.45, 2.75) is 33.2 Å². The van der Waals surface area contributed by atoms with Crippen molar-refractivity contribution < 1.29 is 9.84 Å². The van der Waals surface area contributed by atoms with Crippen LogP contribution in [0.25, 0.3) is 0 Å². The molecule has 0 amide bonds.